The van der Waals surface area contributed by atoms with Crippen LogP contribution in [-0.4, -0.2) is 7.11 Å². The van der Waals surface area contributed by atoms with Crippen LogP contribution in [0.3, 0.4) is 0 Å². The smallest absolute Gasteiger partial charge is 0.127 e. The summed E-state index contributed by atoms with van der Waals surface area (Å²) in [7, 11) is 1.75. The molecule has 6 rings (SSSR count). The Morgan fingerprint density at radius 2 is 1.16 bits per heavy atom. The fourth-order valence-corrected chi connectivity index (χ4v) is 6.40. The van der Waals surface area contributed by atoms with Crippen LogP contribution in [-0.2, 0) is 6.42 Å². The quantitative estimate of drug-likeness (QED) is 0.185. The van der Waals surface area contributed by atoms with Crippen molar-refractivity contribution in [3.63, 3.8) is 0 Å². The summed E-state index contributed by atoms with van der Waals surface area (Å²) < 4.78 is 5.96. The number of rotatable bonds is 6. The standard InChI is InChI=1S/C42H38O/c1-42(2,3)38(34-18-6-5-7-19-34)28-26-31-15-9-8-14-30(31)22-24-35-25-23-32-16-10-12-20-36(32)40(35)41-37-21-13-11-17-33(37)27-29-39(41)43-4/h5-21,23,25,27,29,38H,26,28H2,1-4H3. The van der Waals surface area contributed by atoms with E-state index in [4.69, 9.17) is 4.74 Å². The van der Waals surface area contributed by atoms with E-state index in [1.54, 1.807) is 7.11 Å². The van der Waals surface area contributed by atoms with Crippen LogP contribution in [0.5, 0.6) is 5.75 Å². The molecular weight excluding hydrogens is 520 g/mol. The summed E-state index contributed by atoms with van der Waals surface area (Å²) in [5.74, 6) is 8.54. The first-order valence-electron chi connectivity index (χ1n) is 15.2. The van der Waals surface area contributed by atoms with Gasteiger partial charge in [0.1, 0.15) is 5.75 Å². The number of hydrogen-bond donors (Lipinski definition) is 0. The zero-order chi connectivity index (χ0) is 29.8. The first-order chi connectivity index (χ1) is 20.9. The normalized spacial score (nSPS) is 12.1. The van der Waals surface area contributed by atoms with Gasteiger partial charge in [0.15, 0.2) is 0 Å². The Bertz CT molecular complexity index is 1950. The Labute approximate surface area is 256 Å². The maximum atomic E-state index is 5.96. The second-order valence-corrected chi connectivity index (χ2v) is 12.3. The van der Waals surface area contributed by atoms with Gasteiger partial charge in [-0.2, -0.15) is 0 Å². The average Bonchev–Trinajstić information content (AvgIpc) is 3.03. The molecule has 43 heavy (non-hydrogen) atoms. The molecule has 0 radical (unpaired) electrons. The minimum atomic E-state index is 0.166. The highest BCUT2D eigenvalue weighted by Crippen LogP contribution is 2.42. The van der Waals surface area contributed by atoms with Crippen LogP contribution in [0.25, 0.3) is 32.7 Å². The Balaban J connectivity index is 1.44. The second kappa shape index (κ2) is 12.2. The van der Waals surface area contributed by atoms with E-state index in [1.807, 2.05) is 0 Å². The van der Waals surface area contributed by atoms with Gasteiger partial charge in [0.2, 0.25) is 0 Å². The van der Waals surface area contributed by atoms with Crippen LogP contribution in [0.15, 0.2) is 127 Å². The minimum absolute atomic E-state index is 0.166. The predicted octanol–water partition coefficient (Wildman–Crippen LogP) is 10.8. The summed E-state index contributed by atoms with van der Waals surface area (Å²) in [5, 5.41) is 4.71. The molecule has 0 aromatic heterocycles. The van der Waals surface area contributed by atoms with Gasteiger partial charge < -0.3 is 4.74 Å². The van der Waals surface area contributed by atoms with Crippen LogP contribution in [0.2, 0.25) is 0 Å². The van der Waals surface area contributed by atoms with Gasteiger partial charge in [-0.05, 0) is 75.0 Å². The summed E-state index contributed by atoms with van der Waals surface area (Å²) in [6.07, 6.45) is 2.05. The Morgan fingerprint density at radius 1 is 0.581 bits per heavy atom. The molecule has 0 saturated carbocycles. The summed E-state index contributed by atoms with van der Waals surface area (Å²) >= 11 is 0. The average molecular weight is 559 g/mol. The van der Waals surface area contributed by atoms with Gasteiger partial charge in [0.25, 0.3) is 0 Å². The fourth-order valence-electron chi connectivity index (χ4n) is 6.40. The van der Waals surface area contributed by atoms with Gasteiger partial charge in [0, 0.05) is 22.3 Å². The molecule has 0 aliphatic rings. The van der Waals surface area contributed by atoms with Crippen molar-refractivity contribution >= 4 is 21.5 Å². The van der Waals surface area contributed by atoms with E-state index in [9.17, 15) is 0 Å². The third kappa shape index (κ3) is 5.93. The van der Waals surface area contributed by atoms with Gasteiger partial charge in [-0.3, -0.25) is 0 Å². The first-order valence-corrected chi connectivity index (χ1v) is 15.2. The predicted molar refractivity (Wildman–Crippen MR) is 183 cm³/mol. The van der Waals surface area contributed by atoms with Gasteiger partial charge in [-0.1, -0.05) is 142 Å². The monoisotopic (exact) mass is 558 g/mol. The lowest BCUT2D eigenvalue weighted by molar-refractivity contribution is 0.305. The first kappa shape index (κ1) is 28.3. The van der Waals surface area contributed by atoms with Crippen LogP contribution in [0.1, 0.15) is 55.4 Å². The van der Waals surface area contributed by atoms with Crippen molar-refractivity contribution in [1.29, 1.82) is 0 Å². The van der Waals surface area contributed by atoms with E-state index in [0.29, 0.717) is 5.92 Å². The zero-order valence-electron chi connectivity index (χ0n) is 25.5. The van der Waals surface area contributed by atoms with Gasteiger partial charge >= 0.3 is 0 Å². The Hall–Kier alpha value is -4.80. The van der Waals surface area contributed by atoms with Gasteiger partial charge in [-0.25, -0.2) is 0 Å². The number of benzene rings is 6. The highest BCUT2D eigenvalue weighted by atomic mass is 16.5. The summed E-state index contributed by atoms with van der Waals surface area (Å²) in [4.78, 5) is 0. The summed E-state index contributed by atoms with van der Waals surface area (Å²) in [5.41, 5.74) is 7.17. The molecule has 6 aromatic carbocycles. The maximum absolute atomic E-state index is 5.96. The van der Waals surface area contributed by atoms with E-state index < -0.39 is 0 Å². The lowest BCUT2D eigenvalue weighted by Gasteiger charge is -2.31. The maximum Gasteiger partial charge on any atom is 0.127 e. The molecule has 212 valence electrons. The minimum Gasteiger partial charge on any atom is -0.496 e. The Kier molecular flexibility index (Phi) is 8.04. The number of ether oxygens (including phenoxy) is 1. The molecule has 6 aromatic rings. The molecule has 1 unspecified atom stereocenters. The highest BCUT2D eigenvalue weighted by Gasteiger charge is 2.26. The van der Waals surface area contributed by atoms with Crippen molar-refractivity contribution < 1.29 is 4.74 Å². The molecule has 1 nitrogen and oxygen atoms in total. The van der Waals surface area contributed by atoms with Crippen molar-refractivity contribution in [1.82, 2.24) is 0 Å². The molecule has 0 aliphatic heterocycles. The van der Waals surface area contributed by atoms with Crippen molar-refractivity contribution in [2.45, 2.75) is 39.5 Å². The molecular formula is C42H38O. The van der Waals surface area contributed by atoms with Crippen LogP contribution >= 0.6 is 0 Å². The van der Waals surface area contributed by atoms with Crippen LogP contribution in [0.4, 0.5) is 0 Å². The molecule has 0 saturated heterocycles. The van der Waals surface area contributed by atoms with E-state index in [-0.39, 0.29) is 5.41 Å². The number of methoxy groups -OCH3 is 1. The Morgan fingerprint density at radius 3 is 1.86 bits per heavy atom. The molecule has 0 spiro atoms. The number of fused-ring (bicyclic) bond motifs is 2. The van der Waals surface area contributed by atoms with E-state index >= 15 is 0 Å². The van der Waals surface area contributed by atoms with E-state index in [1.165, 1.54) is 27.3 Å². The lowest BCUT2D eigenvalue weighted by atomic mass is 9.73. The van der Waals surface area contributed by atoms with Gasteiger partial charge in [0.05, 0.1) is 7.11 Å². The van der Waals surface area contributed by atoms with Gasteiger partial charge in [-0.15, -0.1) is 0 Å². The topological polar surface area (TPSA) is 9.23 Å². The molecule has 1 heteroatoms. The van der Waals surface area contributed by atoms with Crippen LogP contribution < -0.4 is 4.74 Å². The van der Waals surface area contributed by atoms with E-state index in [2.05, 4.69) is 160 Å². The lowest BCUT2D eigenvalue weighted by Crippen LogP contribution is -2.19. The highest BCUT2D eigenvalue weighted by molar-refractivity contribution is 6.09. The third-order valence-electron chi connectivity index (χ3n) is 8.59. The SMILES string of the molecule is COc1ccc2ccccc2c1-c1c(C#Cc2ccccc2CCC(c2ccccc2)C(C)(C)C)ccc2ccccc12. The molecule has 0 N–H and O–H groups in total. The largest absolute Gasteiger partial charge is 0.496 e. The number of hydrogen-bond acceptors (Lipinski definition) is 1. The van der Waals surface area contributed by atoms with Crippen molar-refractivity contribution in [2.24, 2.45) is 5.41 Å². The molecule has 0 bridgehead atoms. The molecule has 0 fully saturated rings. The zero-order valence-corrected chi connectivity index (χ0v) is 25.5. The van der Waals surface area contributed by atoms with Crippen molar-refractivity contribution in [2.75, 3.05) is 7.11 Å². The third-order valence-corrected chi connectivity index (χ3v) is 8.59. The molecule has 0 aliphatic carbocycles. The second-order valence-electron chi connectivity index (χ2n) is 12.3. The van der Waals surface area contributed by atoms with Crippen molar-refractivity contribution in [3.8, 4) is 28.7 Å². The summed E-state index contributed by atoms with van der Waals surface area (Å²) in [6, 6.07) is 45.2. The van der Waals surface area contributed by atoms with Crippen molar-refractivity contribution in [3.05, 3.63) is 150 Å². The fraction of sp³-hybridized carbons (Fsp3) is 0.190. The summed E-state index contributed by atoms with van der Waals surface area (Å²) in [6.45, 7) is 7.04. The van der Waals surface area contributed by atoms with Crippen LogP contribution in [0, 0.1) is 17.3 Å². The molecule has 1 atom stereocenters. The number of aryl methyl sites for hydroxylation is 1. The van der Waals surface area contributed by atoms with E-state index in [0.717, 1.165) is 46.2 Å². The molecule has 0 amide bonds. The molecule has 0 heterocycles.